The van der Waals surface area contributed by atoms with Crippen LogP contribution in [-0.2, 0) is 9.59 Å². The molecule has 2 amide bonds. The predicted molar refractivity (Wildman–Crippen MR) is 75.4 cm³/mol. The van der Waals surface area contributed by atoms with Gasteiger partial charge in [-0.15, -0.1) is 0 Å². The molecule has 19 heavy (non-hydrogen) atoms. The van der Waals surface area contributed by atoms with Gasteiger partial charge >= 0.3 is 0 Å². The molecule has 110 valence electrons. The molecule has 0 spiro atoms. The van der Waals surface area contributed by atoms with Gasteiger partial charge in [-0.3, -0.25) is 9.59 Å². The molecule has 1 saturated carbocycles. The van der Waals surface area contributed by atoms with Crippen molar-refractivity contribution in [3.05, 3.63) is 0 Å². The Labute approximate surface area is 115 Å². The molecule has 1 rings (SSSR count). The molecule has 0 aromatic heterocycles. The summed E-state index contributed by atoms with van der Waals surface area (Å²) in [5, 5.41) is 6.01. The maximum Gasteiger partial charge on any atom is 0.224 e. The van der Waals surface area contributed by atoms with E-state index in [2.05, 4.69) is 10.6 Å². The molecule has 0 aromatic rings. The largest absolute Gasteiger partial charge is 0.370 e. The molecule has 5 nitrogen and oxygen atoms in total. The van der Waals surface area contributed by atoms with Crippen molar-refractivity contribution in [2.24, 2.45) is 17.6 Å². The van der Waals surface area contributed by atoms with Crippen LogP contribution in [0.5, 0.6) is 0 Å². The lowest BCUT2D eigenvalue weighted by Gasteiger charge is -2.31. The first kappa shape index (κ1) is 16.0. The lowest BCUT2D eigenvalue weighted by Crippen LogP contribution is -2.46. The minimum Gasteiger partial charge on any atom is -0.370 e. The van der Waals surface area contributed by atoms with E-state index < -0.39 is 0 Å². The number of primary amides is 1. The second-order valence-electron chi connectivity index (χ2n) is 5.64. The van der Waals surface area contributed by atoms with Crippen LogP contribution >= 0.6 is 0 Å². The Morgan fingerprint density at radius 3 is 2.42 bits per heavy atom. The molecule has 1 aliphatic carbocycles. The number of nitrogens with one attached hydrogen (secondary N) is 2. The smallest absolute Gasteiger partial charge is 0.224 e. The second-order valence-corrected chi connectivity index (χ2v) is 5.64. The zero-order valence-electron chi connectivity index (χ0n) is 12.1. The van der Waals surface area contributed by atoms with Crippen LogP contribution in [0.25, 0.3) is 0 Å². The topological polar surface area (TPSA) is 84.2 Å². The number of carbonyl (C=O) groups is 2. The Hall–Kier alpha value is -1.10. The van der Waals surface area contributed by atoms with Gasteiger partial charge in [0.05, 0.1) is 0 Å². The summed E-state index contributed by atoms with van der Waals surface area (Å²) in [6.07, 6.45) is 6.04. The third-order valence-electron chi connectivity index (χ3n) is 3.93. The van der Waals surface area contributed by atoms with Crippen LogP contribution < -0.4 is 16.4 Å². The molecule has 0 aromatic carbocycles. The van der Waals surface area contributed by atoms with Crippen molar-refractivity contribution in [2.45, 2.75) is 51.5 Å². The monoisotopic (exact) mass is 269 g/mol. The third-order valence-corrected chi connectivity index (χ3v) is 3.93. The van der Waals surface area contributed by atoms with Crippen molar-refractivity contribution in [2.75, 3.05) is 13.6 Å². The molecule has 5 heteroatoms. The number of rotatable bonds is 7. The van der Waals surface area contributed by atoms with E-state index in [0.29, 0.717) is 12.5 Å². The van der Waals surface area contributed by atoms with E-state index in [-0.39, 0.29) is 30.2 Å². The molecule has 0 radical (unpaired) electrons. The highest BCUT2D eigenvalue weighted by Gasteiger charge is 2.27. The van der Waals surface area contributed by atoms with Crippen LogP contribution in [0.15, 0.2) is 0 Å². The summed E-state index contributed by atoms with van der Waals surface area (Å²) in [5.41, 5.74) is 5.31. The number of nitrogens with two attached hydrogens (primary N) is 1. The van der Waals surface area contributed by atoms with E-state index in [0.717, 1.165) is 12.8 Å². The Morgan fingerprint density at radius 2 is 1.89 bits per heavy atom. The summed E-state index contributed by atoms with van der Waals surface area (Å²) >= 11 is 0. The fourth-order valence-electron chi connectivity index (χ4n) is 2.81. The molecule has 2 atom stereocenters. The van der Waals surface area contributed by atoms with Crippen LogP contribution in [0.2, 0.25) is 0 Å². The van der Waals surface area contributed by atoms with Gasteiger partial charge in [0, 0.05) is 24.9 Å². The minimum absolute atomic E-state index is 0.00572. The van der Waals surface area contributed by atoms with Gasteiger partial charge < -0.3 is 16.4 Å². The second kappa shape index (κ2) is 8.15. The first-order valence-corrected chi connectivity index (χ1v) is 7.28. The molecule has 1 aliphatic rings. The van der Waals surface area contributed by atoms with Crippen molar-refractivity contribution in [3.63, 3.8) is 0 Å². The number of amides is 2. The third kappa shape index (κ3) is 5.59. The van der Waals surface area contributed by atoms with Crippen LogP contribution in [0.3, 0.4) is 0 Å². The van der Waals surface area contributed by atoms with E-state index >= 15 is 0 Å². The molecule has 0 heterocycles. The van der Waals surface area contributed by atoms with Gasteiger partial charge in [0.2, 0.25) is 11.8 Å². The maximum absolute atomic E-state index is 12.1. The zero-order chi connectivity index (χ0) is 14.3. The Morgan fingerprint density at radius 1 is 1.26 bits per heavy atom. The van der Waals surface area contributed by atoms with E-state index in [1.165, 1.54) is 19.3 Å². The molecule has 4 N–H and O–H groups in total. The maximum atomic E-state index is 12.1. The molecular weight excluding hydrogens is 242 g/mol. The van der Waals surface area contributed by atoms with Gasteiger partial charge in [-0.1, -0.05) is 26.2 Å². The number of hydrogen-bond donors (Lipinski definition) is 3. The lowest BCUT2D eigenvalue weighted by molar-refractivity contribution is -0.126. The molecule has 2 unspecified atom stereocenters. The van der Waals surface area contributed by atoms with Crippen molar-refractivity contribution in [3.8, 4) is 0 Å². The quantitative estimate of drug-likeness (QED) is 0.638. The van der Waals surface area contributed by atoms with E-state index in [1.54, 1.807) is 0 Å². The Kier molecular flexibility index (Phi) is 6.84. The minimum atomic E-state index is -0.336. The normalized spacial score (nSPS) is 19.7. The molecule has 0 bridgehead atoms. The van der Waals surface area contributed by atoms with Gasteiger partial charge in [-0.2, -0.15) is 0 Å². The first-order chi connectivity index (χ1) is 9.04. The van der Waals surface area contributed by atoms with Crippen molar-refractivity contribution in [1.82, 2.24) is 10.6 Å². The number of carbonyl (C=O) groups excluding carboxylic acids is 2. The SMILES string of the molecule is CNCC(C)C(=O)NC(CC(N)=O)C1CCCCC1. The van der Waals surface area contributed by atoms with Crippen LogP contribution in [0.1, 0.15) is 45.4 Å². The molecule has 0 saturated heterocycles. The van der Waals surface area contributed by atoms with Crippen LogP contribution in [-0.4, -0.2) is 31.4 Å². The van der Waals surface area contributed by atoms with Crippen molar-refractivity contribution in [1.29, 1.82) is 0 Å². The Bertz CT molecular complexity index is 301. The summed E-state index contributed by atoms with van der Waals surface area (Å²) in [6.45, 7) is 2.52. The fraction of sp³-hybridized carbons (Fsp3) is 0.857. The number of hydrogen-bond acceptors (Lipinski definition) is 3. The van der Waals surface area contributed by atoms with E-state index in [9.17, 15) is 9.59 Å². The van der Waals surface area contributed by atoms with Crippen LogP contribution in [0, 0.1) is 11.8 Å². The highest BCUT2D eigenvalue weighted by Crippen LogP contribution is 2.27. The fourth-order valence-corrected chi connectivity index (χ4v) is 2.81. The lowest BCUT2D eigenvalue weighted by atomic mass is 9.82. The highest BCUT2D eigenvalue weighted by atomic mass is 16.2. The molecular formula is C14H27N3O2. The average Bonchev–Trinajstić information content (AvgIpc) is 2.38. The summed E-state index contributed by atoms with van der Waals surface area (Å²) in [6, 6.07) is -0.0930. The van der Waals surface area contributed by atoms with E-state index in [4.69, 9.17) is 5.73 Å². The molecule has 1 fully saturated rings. The summed E-state index contributed by atoms with van der Waals surface area (Å²) in [7, 11) is 1.83. The van der Waals surface area contributed by atoms with Crippen LogP contribution in [0.4, 0.5) is 0 Å². The van der Waals surface area contributed by atoms with Gasteiger partial charge in [-0.05, 0) is 25.8 Å². The van der Waals surface area contributed by atoms with Gasteiger partial charge in [0.25, 0.3) is 0 Å². The summed E-state index contributed by atoms with van der Waals surface area (Å²) in [5.74, 6) is -0.0285. The Balaban J connectivity index is 2.57. The molecule has 0 aliphatic heterocycles. The van der Waals surface area contributed by atoms with Gasteiger partial charge in [0.15, 0.2) is 0 Å². The predicted octanol–water partition coefficient (Wildman–Crippen LogP) is 0.782. The van der Waals surface area contributed by atoms with Crippen molar-refractivity contribution >= 4 is 11.8 Å². The first-order valence-electron chi connectivity index (χ1n) is 7.28. The summed E-state index contributed by atoms with van der Waals surface area (Å²) < 4.78 is 0. The highest BCUT2D eigenvalue weighted by molar-refractivity contribution is 5.80. The average molecular weight is 269 g/mol. The standard InChI is InChI=1S/C14H27N3O2/c1-10(9-16-2)14(19)17-12(8-13(15)18)11-6-4-3-5-7-11/h10-12,16H,3-9H2,1-2H3,(H2,15,18)(H,17,19). The van der Waals surface area contributed by atoms with E-state index in [1.807, 2.05) is 14.0 Å². The van der Waals surface area contributed by atoms with Gasteiger partial charge in [-0.25, -0.2) is 0 Å². The zero-order valence-corrected chi connectivity index (χ0v) is 12.1. The van der Waals surface area contributed by atoms with Gasteiger partial charge in [0.1, 0.15) is 0 Å². The van der Waals surface area contributed by atoms with Crippen molar-refractivity contribution < 1.29 is 9.59 Å². The summed E-state index contributed by atoms with van der Waals surface area (Å²) in [4.78, 5) is 23.3.